The first kappa shape index (κ1) is 23.9. The number of carbonyl (C=O) groups excluding carboxylic acids is 2. The number of hydrogen-bond donors (Lipinski definition) is 2. The van der Waals surface area contributed by atoms with Gasteiger partial charge in [-0.05, 0) is 44.0 Å². The van der Waals surface area contributed by atoms with Gasteiger partial charge in [0.2, 0.25) is 15.9 Å². The molecule has 2 unspecified atom stereocenters. The number of nitrogens with one attached hydrogen (secondary N) is 2. The van der Waals surface area contributed by atoms with Gasteiger partial charge in [-0.1, -0.05) is 13.8 Å². The normalized spacial score (nSPS) is 18.3. The summed E-state index contributed by atoms with van der Waals surface area (Å²) < 4.78 is 33.3. The molecule has 2 atom stereocenters. The first-order valence-electron chi connectivity index (χ1n) is 10.1. The zero-order valence-electron chi connectivity index (χ0n) is 18.2. The van der Waals surface area contributed by atoms with Gasteiger partial charge in [0.15, 0.2) is 0 Å². The van der Waals surface area contributed by atoms with Crippen LogP contribution in [-0.2, 0) is 14.8 Å². The van der Waals surface area contributed by atoms with Crippen molar-refractivity contribution in [2.24, 2.45) is 5.92 Å². The Labute approximate surface area is 178 Å². The van der Waals surface area contributed by atoms with Crippen molar-refractivity contribution in [2.75, 3.05) is 33.3 Å². The number of benzene rings is 1. The summed E-state index contributed by atoms with van der Waals surface area (Å²) in [6, 6.07) is 4.77. The van der Waals surface area contributed by atoms with Crippen LogP contribution < -0.4 is 14.8 Å². The van der Waals surface area contributed by atoms with Crippen molar-refractivity contribution in [3.05, 3.63) is 24.3 Å². The van der Waals surface area contributed by atoms with Gasteiger partial charge in [-0.3, -0.25) is 4.79 Å². The largest absolute Gasteiger partial charge is 0.497 e. The van der Waals surface area contributed by atoms with E-state index in [1.54, 1.807) is 35.8 Å². The lowest BCUT2D eigenvalue weighted by Gasteiger charge is -2.41. The van der Waals surface area contributed by atoms with Crippen LogP contribution in [0.25, 0.3) is 0 Å². The lowest BCUT2D eigenvalue weighted by Crippen LogP contribution is -2.61. The van der Waals surface area contributed by atoms with Gasteiger partial charge in [-0.15, -0.1) is 0 Å². The van der Waals surface area contributed by atoms with E-state index in [0.717, 1.165) is 0 Å². The molecule has 2 rings (SSSR count). The Kier molecular flexibility index (Phi) is 8.08. The third-order valence-corrected chi connectivity index (χ3v) is 6.57. The second-order valence-electron chi connectivity index (χ2n) is 7.68. The Morgan fingerprint density at radius 1 is 1.20 bits per heavy atom. The predicted molar refractivity (Wildman–Crippen MR) is 114 cm³/mol. The SMILES string of the molecule is CCNC(=O)N1CCN(C(=O)C(NS(=O)(=O)c2ccc(OC)cc2)C(C)C)CC1C. The molecule has 1 aliphatic rings. The summed E-state index contributed by atoms with van der Waals surface area (Å²) in [5, 5.41) is 2.77. The fourth-order valence-electron chi connectivity index (χ4n) is 3.37. The molecule has 1 aromatic rings. The summed E-state index contributed by atoms with van der Waals surface area (Å²) in [7, 11) is -2.38. The molecule has 1 aromatic carbocycles. The van der Waals surface area contributed by atoms with Crippen molar-refractivity contribution in [3.8, 4) is 5.75 Å². The molecule has 10 heteroatoms. The van der Waals surface area contributed by atoms with Crippen molar-refractivity contribution in [2.45, 2.75) is 44.7 Å². The van der Waals surface area contributed by atoms with Crippen LogP contribution in [0.1, 0.15) is 27.7 Å². The average Bonchev–Trinajstić information content (AvgIpc) is 2.71. The van der Waals surface area contributed by atoms with E-state index in [1.807, 2.05) is 13.8 Å². The highest BCUT2D eigenvalue weighted by Crippen LogP contribution is 2.19. The van der Waals surface area contributed by atoms with Crippen molar-refractivity contribution in [1.82, 2.24) is 19.8 Å². The number of urea groups is 1. The van der Waals surface area contributed by atoms with E-state index in [-0.39, 0.29) is 28.8 Å². The highest BCUT2D eigenvalue weighted by atomic mass is 32.2. The Bertz CT molecular complexity index is 841. The lowest BCUT2D eigenvalue weighted by atomic mass is 10.0. The number of hydrogen-bond acceptors (Lipinski definition) is 5. The molecule has 2 N–H and O–H groups in total. The molecular weight excluding hydrogens is 408 g/mol. The van der Waals surface area contributed by atoms with Gasteiger partial charge in [0, 0.05) is 32.2 Å². The fraction of sp³-hybridized carbons (Fsp3) is 0.600. The Morgan fingerprint density at radius 3 is 2.33 bits per heavy atom. The van der Waals surface area contributed by atoms with Crippen molar-refractivity contribution >= 4 is 22.0 Å². The minimum Gasteiger partial charge on any atom is -0.497 e. The van der Waals surface area contributed by atoms with E-state index < -0.39 is 16.1 Å². The highest BCUT2D eigenvalue weighted by molar-refractivity contribution is 7.89. The van der Waals surface area contributed by atoms with Gasteiger partial charge in [0.1, 0.15) is 11.8 Å². The molecule has 1 heterocycles. The highest BCUT2D eigenvalue weighted by Gasteiger charge is 2.35. The molecule has 0 radical (unpaired) electrons. The number of ether oxygens (including phenoxy) is 1. The Morgan fingerprint density at radius 2 is 1.83 bits per heavy atom. The standard InChI is InChI=1S/C20H32N4O5S/c1-6-21-20(26)24-12-11-23(13-15(24)4)19(25)18(14(2)3)22-30(27,28)17-9-7-16(29-5)8-10-17/h7-10,14-15,18,22H,6,11-13H2,1-5H3,(H,21,26). The Hall–Kier alpha value is -2.33. The molecule has 9 nitrogen and oxygen atoms in total. The molecule has 3 amide bonds. The minimum absolute atomic E-state index is 0.0659. The Balaban J connectivity index is 2.12. The molecule has 168 valence electrons. The number of rotatable bonds is 7. The van der Waals surface area contributed by atoms with Gasteiger partial charge in [-0.25, -0.2) is 13.2 Å². The quantitative estimate of drug-likeness (QED) is 0.664. The van der Waals surface area contributed by atoms with Crippen LogP contribution in [-0.4, -0.2) is 75.5 Å². The molecule has 0 saturated carbocycles. The maximum atomic E-state index is 13.2. The molecular formula is C20H32N4O5S. The fourth-order valence-corrected chi connectivity index (χ4v) is 4.71. The predicted octanol–water partition coefficient (Wildman–Crippen LogP) is 1.26. The summed E-state index contributed by atoms with van der Waals surface area (Å²) in [6.45, 7) is 8.96. The van der Waals surface area contributed by atoms with Crippen LogP contribution in [0.4, 0.5) is 4.79 Å². The van der Waals surface area contributed by atoms with Gasteiger partial charge in [0.25, 0.3) is 0 Å². The molecule has 0 bridgehead atoms. The smallest absolute Gasteiger partial charge is 0.317 e. The van der Waals surface area contributed by atoms with E-state index in [2.05, 4.69) is 10.0 Å². The zero-order valence-corrected chi connectivity index (χ0v) is 19.0. The first-order chi connectivity index (χ1) is 14.1. The number of piperazine rings is 1. The summed E-state index contributed by atoms with van der Waals surface area (Å²) in [4.78, 5) is 28.7. The molecule has 0 aliphatic carbocycles. The molecule has 30 heavy (non-hydrogen) atoms. The molecule has 0 aromatic heterocycles. The van der Waals surface area contributed by atoms with Crippen LogP contribution in [0.5, 0.6) is 5.75 Å². The third-order valence-electron chi connectivity index (χ3n) is 5.11. The van der Waals surface area contributed by atoms with Crippen LogP contribution in [0.15, 0.2) is 29.2 Å². The van der Waals surface area contributed by atoms with E-state index in [0.29, 0.717) is 31.9 Å². The van der Waals surface area contributed by atoms with Crippen LogP contribution >= 0.6 is 0 Å². The molecule has 1 aliphatic heterocycles. The summed E-state index contributed by atoms with van der Waals surface area (Å²) >= 11 is 0. The topological polar surface area (TPSA) is 108 Å². The monoisotopic (exact) mass is 440 g/mol. The van der Waals surface area contributed by atoms with Gasteiger partial charge < -0.3 is 19.9 Å². The number of amides is 3. The van der Waals surface area contributed by atoms with E-state index in [4.69, 9.17) is 4.74 Å². The number of methoxy groups -OCH3 is 1. The van der Waals surface area contributed by atoms with Crippen molar-refractivity contribution in [1.29, 1.82) is 0 Å². The van der Waals surface area contributed by atoms with Gasteiger partial charge in [-0.2, -0.15) is 4.72 Å². The van der Waals surface area contributed by atoms with E-state index in [9.17, 15) is 18.0 Å². The number of carbonyl (C=O) groups is 2. The van der Waals surface area contributed by atoms with Gasteiger partial charge in [0.05, 0.1) is 12.0 Å². The van der Waals surface area contributed by atoms with E-state index >= 15 is 0 Å². The average molecular weight is 441 g/mol. The molecule has 1 fully saturated rings. The van der Waals surface area contributed by atoms with E-state index in [1.165, 1.54) is 19.2 Å². The van der Waals surface area contributed by atoms with Crippen molar-refractivity contribution in [3.63, 3.8) is 0 Å². The van der Waals surface area contributed by atoms with Crippen molar-refractivity contribution < 1.29 is 22.7 Å². The third kappa shape index (κ3) is 5.63. The van der Waals surface area contributed by atoms with Crippen LogP contribution in [0, 0.1) is 5.92 Å². The lowest BCUT2D eigenvalue weighted by molar-refractivity contribution is -0.136. The van der Waals surface area contributed by atoms with Crippen LogP contribution in [0.3, 0.4) is 0 Å². The summed E-state index contributed by atoms with van der Waals surface area (Å²) in [5.74, 6) is 0.0103. The molecule has 1 saturated heterocycles. The second kappa shape index (κ2) is 10.1. The number of sulfonamides is 1. The molecule has 0 spiro atoms. The zero-order chi connectivity index (χ0) is 22.5. The first-order valence-corrected chi connectivity index (χ1v) is 11.6. The minimum atomic E-state index is -3.89. The second-order valence-corrected chi connectivity index (χ2v) is 9.39. The maximum absolute atomic E-state index is 13.2. The maximum Gasteiger partial charge on any atom is 0.317 e. The summed E-state index contributed by atoms with van der Waals surface area (Å²) in [5.41, 5.74) is 0. The van der Waals surface area contributed by atoms with Crippen LogP contribution in [0.2, 0.25) is 0 Å². The summed E-state index contributed by atoms with van der Waals surface area (Å²) in [6.07, 6.45) is 0. The number of nitrogens with zero attached hydrogens (tertiary/aromatic N) is 2. The van der Waals surface area contributed by atoms with Gasteiger partial charge >= 0.3 is 6.03 Å².